The summed E-state index contributed by atoms with van der Waals surface area (Å²) in [6, 6.07) is 11.5. The number of rotatable bonds is 7. The molecule has 182 valence electrons. The Balaban J connectivity index is 1.26. The molecule has 0 atom stereocenters. The molecule has 1 aromatic heterocycles. The number of halogens is 3. The maximum atomic E-state index is 13.0. The molecule has 1 saturated heterocycles. The van der Waals surface area contributed by atoms with Gasteiger partial charge in [0.25, 0.3) is 0 Å². The van der Waals surface area contributed by atoms with Gasteiger partial charge in [0, 0.05) is 32.1 Å². The number of aryl methyl sites for hydroxylation is 1. The van der Waals surface area contributed by atoms with Crippen LogP contribution >= 0.6 is 0 Å². The summed E-state index contributed by atoms with van der Waals surface area (Å²) < 4.78 is 67.7. The second-order valence-corrected chi connectivity index (χ2v) is 10.2. The van der Waals surface area contributed by atoms with Crippen molar-refractivity contribution in [1.29, 1.82) is 0 Å². The van der Waals surface area contributed by atoms with Gasteiger partial charge in [-0.1, -0.05) is 18.2 Å². The van der Waals surface area contributed by atoms with Gasteiger partial charge in [-0.05, 0) is 49.6 Å². The van der Waals surface area contributed by atoms with Crippen molar-refractivity contribution in [1.82, 2.24) is 19.2 Å². The highest BCUT2D eigenvalue weighted by Crippen LogP contribution is 2.32. The number of carbonyl (C=O) groups is 1. The van der Waals surface area contributed by atoms with Crippen LogP contribution in [-0.4, -0.2) is 47.8 Å². The number of sulfonamides is 1. The Hall–Kier alpha value is -2.92. The third kappa shape index (κ3) is 5.25. The fraction of sp³-hybridized carbons (Fsp3) is 0.391. The van der Waals surface area contributed by atoms with E-state index < -0.39 is 26.7 Å². The van der Waals surface area contributed by atoms with E-state index in [1.807, 2.05) is 28.8 Å². The molecule has 0 saturated carbocycles. The van der Waals surface area contributed by atoms with Crippen molar-refractivity contribution in [3.8, 4) is 0 Å². The summed E-state index contributed by atoms with van der Waals surface area (Å²) in [4.78, 5) is 16.5. The van der Waals surface area contributed by atoms with Crippen molar-refractivity contribution < 1.29 is 26.4 Å². The molecule has 1 aliphatic rings. The van der Waals surface area contributed by atoms with Crippen LogP contribution in [0.2, 0.25) is 0 Å². The number of carbonyl (C=O) groups excluding carboxylic acids is 1. The molecule has 4 rings (SSSR count). The van der Waals surface area contributed by atoms with Crippen LogP contribution in [0, 0.1) is 5.92 Å². The van der Waals surface area contributed by atoms with Crippen molar-refractivity contribution in [2.24, 2.45) is 5.92 Å². The molecule has 0 spiro atoms. The normalized spacial score (nSPS) is 16.1. The first kappa shape index (κ1) is 24.2. The standard InChI is InChI=1S/C23H25F3N4O3S/c24-23(25,26)18-5-3-6-19(15-18)34(32,33)30-13-9-17(10-14-30)22(31)27-11-4-12-29-16-28-20-7-1-2-8-21(20)29/h1-3,5-8,15-17H,4,9-14H2,(H,27,31). The van der Waals surface area contributed by atoms with Gasteiger partial charge >= 0.3 is 6.18 Å². The summed E-state index contributed by atoms with van der Waals surface area (Å²) in [6.45, 7) is 1.35. The van der Waals surface area contributed by atoms with Gasteiger partial charge in [-0.25, -0.2) is 13.4 Å². The molecule has 1 aliphatic heterocycles. The Bertz CT molecular complexity index is 1270. The smallest absolute Gasteiger partial charge is 0.356 e. The van der Waals surface area contributed by atoms with E-state index in [0.29, 0.717) is 32.0 Å². The third-order valence-corrected chi connectivity index (χ3v) is 7.92. The van der Waals surface area contributed by atoms with Gasteiger partial charge in [0.2, 0.25) is 15.9 Å². The molecule has 7 nitrogen and oxygen atoms in total. The van der Waals surface area contributed by atoms with Gasteiger partial charge in [-0.15, -0.1) is 0 Å². The van der Waals surface area contributed by atoms with Crippen LogP contribution in [0.15, 0.2) is 59.8 Å². The summed E-state index contributed by atoms with van der Waals surface area (Å²) in [6.07, 6.45) is -1.50. The van der Waals surface area contributed by atoms with Gasteiger partial charge in [-0.3, -0.25) is 4.79 Å². The van der Waals surface area contributed by atoms with E-state index in [9.17, 15) is 26.4 Å². The first-order chi connectivity index (χ1) is 16.2. The van der Waals surface area contributed by atoms with Crippen LogP contribution in [0.5, 0.6) is 0 Å². The highest BCUT2D eigenvalue weighted by Gasteiger charge is 2.35. The van der Waals surface area contributed by atoms with Crippen LogP contribution in [0.3, 0.4) is 0 Å². The van der Waals surface area contributed by atoms with Crippen molar-refractivity contribution in [2.75, 3.05) is 19.6 Å². The molecule has 2 aromatic carbocycles. The lowest BCUT2D eigenvalue weighted by Gasteiger charge is -2.30. The van der Waals surface area contributed by atoms with E-state index in [2.05, 4.69) is 10.3 Å². The molecule has 0 unspecified atom stereocenters. The third-order valence-electron chi connectivity index (χ3n) is 6.03. The predicted octanol–water partition coefficient (Wildman–Crippen LogP) is 3.66. The van der Waals surface area contributed by atoms with Crippen molar-refractivity contribution in [2.45, 2.75) is 36.9 Å². The minimum Gasteiger partial charge on any atom is -0.356 e. The second-order valence-electron chi connectivity index (χ2n) is 8.28. The molecule has 0 radical (unpaired) electrons. The van der Waals surface area contributed by atoms with Crippen molar-refractivity contribution in [3.63, 3.8) is 0 Å². The zero-order chi connectivity index (χ0) is 24.3. The van der Waals surface area contributed by atoms with E-state index in [-0.39, 0.29) is 24.9 Å². The molecule has 34 heavy (non-hydrogen) atoms. The summed E-state index contributed by atoms with van der Waals surface area (Å²) in [5.74, 6) is -0.464. The number of aromatic nitrogens is 2. The number of hydrogen-bond donors (Lipinski definition) is 1. The van der Waals surface area contributed by atoms with Gasteiger partial charge in [-0.2, -0.15) is 17.5 Å². The van der Waals surface area contributed by atoms with Crippen LogP contribution in [0.4, 0.5) is 13.2 Å². The second kappa shape index (κ2) is 9.75. The Morgan fingerprint density at radius 1 is 1.09 bits per heavy atom. The first-order valence-electron chi connectivity index (χ1n) is 11.0. The van der Waals surface area contributed by atoms with E-state index in [1.165, 1.54) is 0 Å². The molecule has 0 aliphatic carbocycles. The monoisotopic (exact) mass is 494 g/mol. The van der Waals surface area contributed by atoms with E-state index in [1.54, 1.807) is 6.33 Å². The summed E-state index contributed by atoms with van der Waals surface area (Å²) in [7, 11) is -4.06. The van der Waals surface area contributed by atoms with Crippen molar-refractivity contribution in [3.05, 3.63) is 60.4 Å². The van der Waals surface area contributed by atoms with Crippen LogP contribution < -0.4 is 5.32 Å². The number of hydrogen-bond acceptors (Lipinski definition) is 4. The number of amides is 1. The van der Waals surface area contributed by atoms with Crippen LogP contribution in [0.1, 0.15) is 24.8 Å². The number of nitrogens with zero attached hydrogens (tertiary/aromatic N) is 3. The van der Waals surface area contributed by atoms with E-state index in [4.69, 9.17) is 0 Å². The topological polar surface area (TPSA) is 84.3 Å². The van der Waals surface area contributed by atoms with E-state index >= 15 is 0 Å². The highest BCUT2D eigenvalue weighted by atomic mass is 32.2. The quantitative estimate of drug-likeness (QED) is 0.508. The average Bonchev–Trinajstić information content (AvgIpc) is 3.24. The Morgan fingerprint density at radius 3 is 2.56 bits per heavy atom. The zero-order valence-corrected chi connectivity index (χ0v) is 19.1. The molecule has 1 amide bonds. The van der Waals surface area contributed by atoms with Crippen LogP contribution in [0.25, 0.3) is 11.0 Å². The summed E-state index contributed by atoms with van der Waals surface area (Å²) >= 11 is 0. The lowest BCUT2D eigenvalue weighted by atomic mass is 9.97. The maximum Gasteiger partial charge on any atom is 0.416 e. The number of nitrogens with one attached hydrogen (secondary N) is 1. The molecule has 2 heterocycles. The lowest BCUT2D eigenvalue weighted by Crippen LogP contribution is -2.43. The van der Waals surface area contributed by atoms with Gasteiger partial charge in [0.15, 0.2) is 0 Å². The van der Waals surface area contributed by atoms with E-state index in [0.717, 1.165) is 40.0 Å². The zero-order valence-electron chi connectivity index (χ0n) is 18.3. The summed E-state index contributed by atoms with van der Waals surface area (Å²) in [5, 5.41) is 2.91. The number of benzene rings is 2. The Labute approximate surface area is 195 Å². The fourth-order valence-corrected chi connectivity index (χ4v) is 5.65. The molecule has 11 heteroatoms. The largest absolute Gasteiger partial charge is 0.416 e. The number of imidazole rings is 1. The minimum absolute atomic E-state index is 0.0810. The minimum atomic E-state index is -4.62. The molecule has 3 aromatic rings. The lowest BCUT2D eigenvalue weighted by molar-refractivity contribution is -0.137. The average molecular weight is 495 g/mol. The van der Waals surface area contributed by atoms with Crippen molar-refractivity contribution >= 4 is 27.0 Å². The number of para-hydroxylation sites is 2. The highest BCUT2D eigenvalue weighted by molar-refractivity contribution is 7.89. The molecular formula is C23H25F3N4O3S. The summed E-state index contributed by atoms with van der Waals surface area (Å²) in [5.41, 5.74) is 0.938. The Morgan fingerprint density at radius 2 is 1.82 bits per heavy atom. The molecule has 0 bridgehead atoms. The predicted molar refractivity (Wildman–Crippen MR) is 120 cm³/mol. The maximum absolute atomic E-state index is 13.0. The molecular weight excluding hydrogens is 469 g/mol. The number of piperidine rings is 1. The molecule has 1 N–H and O–H groups in total. The molecule has 1 fully saturated rings. The SMILES string of the molecule is O=C(NCCCn1cnc2ccccc21)C1CCN(S(=O)(=O)c2cccc(C(F)(F)F)c2)CC1. The van der Waals surface area contributed by atoms with Gasteiger partial charge in [0.1, 0.15) is 0 Å². The first-order valence-corrected chi connectivity index (χ1v) is 12.5. The van der Waals surface area contributed by atoms with Gasteiger partial charge < -0.3 is 9.88 Å². The fourth-order valence-electron chi connectivity index (χ4n) is 4.13. The Kier molecular flexibility index (Phi) is 6.94. The van der Waals surface area contributed by atoms with Gasteiger partial charge in [0.05, 0.1) is 27.8 Å². The number of alkyl halides is 3. The number of fused-ring (bicyclic) bond motifs is 1. The van der Waals surface area contributed by atoms with Crippen LogP contribution in [-0.2, 0) is 27.5 Å².